The van der Waals surface area contributed by atoms with E-state index in [9.17, 15) is 18.4 Å². The van der Waals surface area contributed by atoms with Gasteiger partial charge in [0.1, 0.15) is 11.6 Å². The molecule has 1 aromatic heterocycles. The highest BCUT2D eigenvalue weighted by atomic mass is 19.3. The molecule has 0 atom stereocenters. The number of hydrogen-bond acceptors (Lipinski definition) is 3. The Hall–Kier alpha value is -2.79. The van der Waals surface area contributed by atoms with Crippen molar-refractivity contribution in [2.45, 2.75) is 25.7 Å². The Labute approximate surface area is 137 Å². The lowest BCUT2D eigenvalue weighted by Crippen LogP contribution is -2.16. The Morgan fingerprint density at radius 3 is 2.88 bits per heavy atom. The van der Waals surface area contributed by atoms with Crippen molar-refractivity contribution in [3.05, 3.63) is 46.8 Å². The van der Waals surface area contributed by atoms with E-state index < -0.39 is 18.0 Å². The molecule has 0 bridgehead atoms. The normalized spacial score (nSPS) is 13.6. The summed E-state index contributed by atoms with van der Waals surface area (Å²) in [5.74, 6) is 1.30. The molecule has 5 nitrogen and oxygen atoms in total. The summed E-state index contributed by atoms with van der Waals surface area (Å²) in [6.45, 7) is 0. The van der Waals surface area contributed by atoms with Crippen LogP contribution in [0.25, 0.3) is 5.57 Å². The third-order valence-electron chi connectivity index (χ3n) is 4.03. The van der Waals surface area contributed by atoms with Gasteiger partial charge in [0.25, 0.3) is 12.3 Å². The van der Waals surface area contributed by atoms with Crippen LogP contribution in [-0.2, 0) is 18.3 Å². The zero-order chi connectivity index (χ0) is 17.3. The molecule has 3 rings (SSSR count). The van der Waals surface area contributed by atoms with Crippen molar-refractivity contribution in [2.24, 2.45) is 7.05 Å². The van der Waals surface area contributed by atoms with E-state index >= 15 is 0 Å². The van der Waals surface area contributed by atoms with E-state index in [2.05, 4.69) is 10.4 Å². The van der Waals surface area contributed by atoms with Gasteiger partial charge in [-0.3, -0.25) is 9.48 Å². The van der Waals surface area contributed by atoms with Gasteiger partial charge in [0.2, 0.25) is 0 Å². The predicted octanol–water partition coefficient (Wildman–Crippen LogP) is 3.16. The lowest BCUT2D eigenvalue weighted by molar-refractivity contribution is 0.101. The molecule has 0 saturated heterocycles. The van der Waals surface area contributed by atoms with Crippen LogP contribution in [0.15, 0.2) is 24.4 Å². The molecule has 0 unspecified atom stereocenters. The fraction of sp³-hybridized carbons (Fsp3) is 0.294. The van der Waals surface area contributed by atoms with Crippen molar-refractivity contribution in [2.75, 3.05) is 5.32 Å². The Balaban J connectivity index is 1.95. The topological polar surface area (TPSA) is 64.0 Å². The summed E-state index contributed by atoms with van der Waals surface area (Å²) in [5, 5.41) is 6.31. The van der Waals surface area contributed by atoms with Gasteiger partial charge >= 0.3 is 0 Å². The van der Waals surface area contributed by atoms with Crippen LogP contribution >= 0.6 is 0 Å². The minimum atomic E-state index is -2.83. The maximum absolute atomic E-state index is 13.0. The number of allylic oxidation sites excluding steroid dienone is 1. The molecule has 1 N–H and O–H groups in total. The molecule has 1 heterocycles. The number of fused-ring (bicyclic) bond motifs is 1. The SMILES string of the molecule is Cn1cc(C(=O)Nc2cccc3c2CCCC3=C=O)c(C(F)F)n1. The monoisotopic (exact) mass is 331 g/mol. The van der Waals surface area contributed by atoms with Crippen LogP contribution in [0, 0.1) is 0 Å². The van der Waals surface area contributed by atoms with Crippen LogP contribution in [0.4, 0.5) is 14.5 Å². The number of benzene rings is 1. The molecule has 0 radical (unpaired) electrons. The first-order valence-corrected chi connectivity index (χ1v) is 7.50. The highest BCUT2D eigenvalue weighted by molar-refractivity contribution is 6.06. The van der Waals surface area contributed by atoms with Gasteiger partial charge in [0, 0.05) is 24.5 Å². The zero-order valence-corrected chi connectivity index (χ0v) is 13.0. The maximum Gasteiger partial charge on any atom is 0.282 e. The van der Waals surface area contributed by atoms with Crippen LogP contribution in [0.2, 0.25) is 0 Å². The van der Waals surface area contributed by atoms with Gasteiger partial charge in [-0.15, -0.1) is 0 Å². The molecule has 1 aliphatic carbocycles. The number of aromatic nitrogens is 2. The van der Waals surface area contributed by atoms with E-state index in [0.29, 0.717) is 24.1 Å². The first-order valence-electron chi connectivity index (χ1n) is 7.50. The third-order valence-corrected chi connectivity index (χ3v) is 4.03. The number of alkyl halides is 2. The summed E-state index contributed by atoms with van der Waals surface area (Å²) < 4.78 is 27.2. The van der Waals surface area contributed by atoms with Crippen molar-refractivity contribution in [3.63, 3.8) is 0 Å². The standard InChI is InChI=1S/C17H15F2N3O2/c1-22-8-13(15(21-22)16(18)19)17(24)20-14-7-3-5-11-10(9-23)4-2-6-12(11)14/h3,5,7-8,16H,2,4,6H2,1H3,(H,20,24). The van der Waals surface area contributed by atoms with Crippen LogP contribution in [0.3, 0.4) is 0 Å². The van der Waals surface area contributed by atoms with Gasteiger partial charge in [-0.2, -0.15) is 5.10 Å². The number of hydrogen-bond donors (Lipinski definition) is 1. The van der Waals surface area contributed by atoms with Crippen LogP contribution < -0.4 is 5.32 Å². The maximum atomic E-state index is 13.0. The molecule has 0 spiro atoms. The van der Waals surface area contributed by atoms with E-state index in [-0.39, 0.29) is 5.56 Å². The van der Waals surface area contributed by atoms with Gasteiger partial charge in [0.05, 0.1) is 5.56 Å². The smallest absolute Gasteiger partial charge is 0.282 e. The van der Waals surface area contributed by atoms with E-state index in [0.717, 1.165) is 17.5 Å². The Kier molecular flexibility index (Phi) is 4.27. The second kappa shape index (κ2) is 6.37. The molecule has 0 aliphatic heterocycles. The molecule has 0 fully saturated rings. The van der Waals surface area contributed by atoms with Crippen molar-refractivity contribution >= 4 is 23.1 Å². The quantitative estimate of drug-likeness (QED) is 0.879. The van der Waals surface area contributed by atoms with Gasteiger partial charge in [0.15, 0.2) is 0 Å². The molecular weight excluding hydrogens is 316 g/mol. The van der Waals surface area contributed by atoms with E-state index in [4.69, 9.17) is 0 Å². The highest BCUT2D eigenvalue weighted by Gasteiger charge is 2.24. The number of carbonyl (C=O) groups is 1. The predicted molar refractivity (Wildman–Crippen MR) is 84.6 cm³/mol. The molecule has 7 heteroatoms. The summed E-state index contributed by atoms with van der Waals surface area (Å²) in [6, 6.07) is 5.22. The first-order chi connectivity index (χ1) is 11.5. The van der Waals surface area contributed by atoms with Crippen molar-refractivity contribution < 1.29 is 18.4 Å². The molecule has 1 aromatic carbocycles. The number of aryl methyl sites for hydroxylation is 1. The summed E-state index contributed by atoms with van der Waals surface area (Å²) in [6.07, 6.45) is 0.557. The minimum Gasteiger partial charge on any atom is -0.322 e. The first kappa shape index (κ1) is 16.1. The lowest BCUT2D eigenvalue weighted by Gasteiger charge is -2.20. The minimum absolute atomic E-state index is 0.160. The number of rotatable bonds is 3. The lowest BCUT2D eigenvalue weighted by atomic mass is 9.87. The zero-order valence-electron chi connectivity index (χ0n) is 13.0. The number of amides is 1. The molecule has 2 aromatic rings. The van der Waals surface area contributed by atoms with E-state index in [1.54, 1.807) is 18.2 Å². The molecular formula is C17H15F2N3O2. The molecule has 0 saturated carbocycles. The number of halogens is 2. The molecule has 124 valence electrons. The number of nitrogens with one attached hydrogen (secondary N) is 1. The van der Waals surface area contributed by atoms with Crippen LogP contribution in [0.5, 0.6) is 0 Å². The van der Waals surface area contributed by atoms with Gasteiger partial charge in [-0.05, 0) is 36.5 Å². The third kappa shape index (κ3) is 2.86. The summed E-state index contributed by atoms with van der Waals surface area (Å²) in [4.78, 5) is 23.5. The fourth-order valence-corrected chi connectivity index (χ4v) is 2.97. The average Bonchev–Trinajstić information content (AvgIpc) is 2.97. The van der Waals surface area contributed by atoms with Crippen LogP contribution in [-0.4, -0.2) is 21.6 Å². The largest absolute Gasteiger partial charge is 0.322 e. The Morgan fingerprint density at radius 1 is 1.38 bits per heavy atom. The highest BCUT2D eigenvalue weighted by Crippen LogP contribution is 2.34. The molecule has 1 aliphatic rings. The van der Waals surface area contributed by atoms with Gasteiger partial charge in [-0.1, -0.05) is 12.1 Å². The Bertz CT molecular complexity index is 852. The van der Waals surface area contributed by atoms with Crippen molar-refractivity contribution in [3.8, 4) is 0 Å². The molecule has 24 heavy (non-hydrogen) atoms. The average molecular weight is 331 g/mol. The summed E-state index contributed by atoms with van der Waals surface area (Å²) >= 11 is 0. The number of anilines is 1. The van der Waals surface area contributed by atoms with Crippen molar-refractivity contribution in [1.82, 2.24) is 9.78 Å². The fourth-order valence-electron chi connectivity index (χ4n) is 2.97. The van der Waals surface area contributed by atoms with Gasteiger partial charge in [-0.25, -0.2) is 13.6 Å². The van der Waals surface area contributed by atoms with E-state index in [1.165, 1.54) is 17.9 Å². The second-order valence-electron chi connectivity index (χ2n) is 5.62. The van der Waals surface area contributed by atoms with Crippen LogP contribution in [0.1, 0.15) is 46.4 Å². The molecule has 1 amide bonds. The summed E-state index contributed by atoms with van der Waals surface area (Å²) in [7, 11) is 1.48. The number of nitrogens with zero attached hydrogens (tertiary/aromatic N) is 2. The Morgan fingerprint density at radius 2 is 2.17 bits per heavy atom. The van der Waals surface area contributed by atoms with E-state index in [1.807, 2.05) is 5.94 Å². The van der Waals surface area contributed by atoms with Crippen molar-refractivity contribution in [1.29, 1.82) is 0 Å². The second-order valence-corrected chi connectivity index (χ2v) is 5.62. The summed E-state index contributed by atoms with van der Waals surface area (Å²) in [5.41, 5.74) is 1.98. The van der Waals surface area contributed by atoms with Gasteiger partial charge < -0.3 is 5.32 Å². The number of carbonyl (C=O) groups excluding carboxylic acids is 2.